The van der Waals surface area contributed by atoms with Crippen molar-refractivity contribution in [2.75, 3.05) is 0 Å². The van der Waals surface area contributed by atoms with Gasteiger partial charge in [-0.25, -0.2) is 9.97 Å². The molecule has 0 aromatic carbocycles. The van der Waals surface area contributed by atoms with Gasteiger partial charge in [-0.15, -0.1) is 0 Å². The van der Waals surface area contributed by atoms with Crippen LogP contribution in [0.4, 0.5) is 0 Å². The molecule has 0 saturated heterocycles. The van der Waals surface area contributed by atoms with Crippen LogP contribution in [0.1, 0.15) is 24.7 Å². The minimum absolute atomic E-state index is 0.0178. The van der Waals surface area contributed by atoms with Crippen molar-refractivity contribution in [3.05, 3.63) is 42.1 Å². The molecule has 0 atom stereocenters. The molecule has 3 N–H and O–H groups in total. The fourth-order valence-corrected chi connectivity index (χ4v) is 1.73. The topological polar surface area (TPSA) is 80.6 Å². The van der Waals surface area contributed by atoms with Gasteiger partial charge in [-0.1, -0.05) is 6.92 Å². The zero-order valence-electron chi connectivity index (χ0n) is 9.72. The quantitative estimate of drug-likeness (QED) is 0.616. The van der Waals surface area contributed by atoms with Gasteiger partial charge in [0.1, 0.15) is 17.5 Å². The summed E-state index contributed by atoms with van der Waals surface area (Å²) in [5.41, 5.74) is 6.18. The summed E-state index contributed by atoms with van der Waals surface area (Å²) < 4.78 is 1.89. The monoisotopic (exact) mass is 229 g/mol. The highest BCUT2D eigenvalue weighted by Crippen LogP contribution is 2.14. The van der Waals surface area contributed by atoms with Gasteiger partial charge in [-0.3, -0.25) is 9.98 Å². The number of aryl methyl sites for hydroxylation is 1. The highest BCUT2D eigenvalue weighted by Gasteiger charge is 2.11. The smallest absolute Gasteiger partial charge is 0.149 e. The van der Waals surface area contributed by atoms with E-state index in [9.17, 15) is 0 Å². The zero-order valence-corrected chi connectivity index (χ0v) is 9.72. The van der Waals surface area contributed by atoms with Crippen LogP contribution in [0.25, 0.3) is 5.82 Å². The third kappa shape index (κ3) is 2.18. The van der Waals surface area contributed by atoms with Crippen LogP contribution in [-0.2, 0) is 6.42 Å². The SMILES string of the molecule is CCCc1nccn1-c1ncccc1C(=N)N. The molecule has 88 valence electrons. The van der Waals surface area contributed by atoms with Crippen LogP contribution in [-0.4, -0.2) is 20.4 Å². The van der Waals surface area contributed by atoms with Crippen molar-refractivity contribution < 1.29 is 0 Å². The number of nitrogen functional groups attached to an aromatic ring is 1. The molecule has 2 aromatic rings. The van der Waals surface area contributed by atoms with Gasteiger partial charge in [-0.2, -0.15) is 0 Å². The maximum atomic E-state index is 7.56. The van der Waals surface area contributed by atoms with Gasteiger partial charge < -0.3 is 5.73 Å². The molecule has 0 bridgehead atoms. The van der Waals surface area contributed by atoms with Crippen molar-refractivity contribution in [1.82, 2.24) is 14.5 Å². The Hall–Kier alpha value is -2.17. The average molecular weight is 229 g/mol. The fraction of sp³-hybridized carbons (Fsp3) is 0.250. The van der Waals surface area contributed by atoms with Gasteiger partial charge in [0.15, 0.2) is 0 Å². The molecule has 5 nitrogen and oxygen atoms in total. The van der Waals surface area contributed by atoms with Crippen LogP contribution in [0.15, 0.2) is 30.7 Å². The maximum absolute atomic E-state index is 7.56. The zero-order chi connectivity index (χ0) is 12.3. The lowest BCUT2D eigenvalue weighted by molar-refractivity contribution is 0.797. The third-order valence-corrected chi connectivity index (χ3v) is 2.50. The molecular formula is C12H15N5. The number of nitrogens with zero attached hydrogens (tertiary/aromatic N) is 3. The average Bonchev–Trinajstić information content (AvgIpc) is 2.77. The number of imidazole rings is 1. The second-order valence-electron chi connectivity index (χ2n) is 3.75. The molecule has 0 aliphatic heterocycles. The first kappa shape index (κ1) is 11.3. The predicted molar refractivity (Wildman–Crippen MR) is 66.4 cm³/mol. The van der Waals surface area contributed by atoms with E-state index in [0.29, 0.717) is 11.4 Å². The van der Waals surface area contributed by atoms with Crippen LogP contribution >= 0.6 is 0 Å². The molecule has 0 aliphatic rings. The number of aromatic nitrogens is 3. The number of amidine groups is 1. The normalized spacial score (nSPS) is 10.4. The molecule has 0 fully saturated rings. The molecule has 2 rings (SSSR count). The van der Waals surface area contributed by atoms with E-state index in [2.05, 4.69) is 16.9 Å². The lowest BCUT2D eigenvalue weighted by Crippen LogP contribution is -2.16. The fourth-order valence-electron chi connectivity index (χ4n) is 1.73. The first-order valence-corrected chi connectivity index (χ1v) is 5.56. The summed E-state index contributed by atoms with van der Waals surface area (Å²) in [4.78, 5) is 8.58. The van der Waals surface area contributed by atoms with Crippen molar-refractivity contribution in [2.45, 2.75) is 19.8 Å². The number of hydrogen-bond acceptors (Lipinski definition) is 3. The van der Waals surface area contributed by atoms with Crippen LogP contribution in [0.2, 0.25) is 0 Å². The predicted octanol–water partition coefficient (Wildman–Crippen LogP) is 1.50. The Balaban J connectivity index is 2.52. The van der Waals surface area contributed by atoms with Crippen LogP contribution in [0, 0.1) is 5.41 Å². The number of nitrogens with one attached hydrogen (secondary N) is 1. The lowest BCUT2D eigenvalue weighted by Gasteiger charge is -2.10. The number of rotatable bonds is 4. The molecule has 5 heteroatoms. The summed E-state index contributed by atoms with van der Waals surface area (Å²) in [7, 11) is 0. The summed E-state index contributed by atoms with van der Waals surface area (Å²) in [5, 5.41) is 7.56. The minimum Gasteiger partial charge on any atom is -0.384 e. The van der Waals surface area contributed by atoms with Crippen molar-refractivity contribution in [3.8, 4) is 5.82 Å². The molecule has 2 aromatic heterocycles. The van der Waals surface area contributed by atoms with E-state index in [1.807, 2.05) is 10.8 Å². The molecule has 0 spiro atoms. The maximum Gasteiger partial charge on any atom is 0.149 e. The van der Waals surface area contributed by atoms with E-state index >= 15 is 0 Å². The molecule has 0 aliphatic carbocycles. The number of nitrogens with two attached hydrogens (primary N) is 1. The van der Waals surface area contributed by atoms with Crippen LogP contribution in [0.5, 0.6) is 0 Å². The van der Waals surface area contributed by atoms with Gasteiger partial charge in [-0.05, 0) is 18.6 Å². The molecular weight excluding hydrogens is 214 g/mol. The van der Waals surface area contributed by atoms with Gasteiger partial charge in [0.25, 0.3) is 0 Å². The Morgan fingerprint density at radius 2 is 2.24 bits per heavy atom. The van der Waals surface area contributed by atoms with Crippen molar-refractivity contribution in [3.63, 3.8) is 0 Å². The van der Waals surface area contributed by atoms with Crippen LogP contribution in [0.3, 0.4) is 0 Å². The van der Waals surface area contributed by atoms with E-state index in [4.69, 9.17) is 11.1 Å². The Morgan fingerprint density at radius 3 is 2.94 bits per heavy atom. The summed E-state index contributed by atoms with van der Waals surface area (Å²) in [6.07, 6.45) is 7.17. The highest BCUT2D eigenvalue weighted by atomic mass is 15.1. The molecule has 0 unspecified atom stereocenters. The first-order chi connectivity index (χ1) is 8.24. The van der Waals surface area contributed by atoms with E-state index in [-0.39, 0.29) is 5.84 Å². The summed E-state index contributed by atoms with van der Waals surface area (Å²) in [5.74, 6) is 1.62. The summed E-state index contributed by atoms with van der Waals surface area (Å²) in [6.45, 7) is 2.10. The van der Waals surface area contributed by atoms with Crippen molar-refractivity contribution in [2.24, 2.45) is 5.73 Å². The molecule has 0 amide bonds. The number of hydrogen-bond donors (Lipinski definition) is 2. The Morgan fingerprint density at radius 1 is 1.41 bits per heavy atom. The molecule has 0 saturated carbocycles. The van der Waals surface area contributed by atoms with Crippen molar-refractivity contribution in [1.29, 1.82) is 5.41 Å². The first-order valence-electron chi connectivity index (χ1n) is 5.56. The van der Waals surface area contributed by atoms with Gasteiger partial charge >= 0.3 is 0 Å². The lowest BCUT2D eigenvalue weighted by atomic mass is 10.2. The molecule has 17 heavy (non-hydrogen) atoms. The standard InChI is InChI=1S/C12H15N5/c1-2-4-10-15-7-8-17(10)12-9(11(13)14)5-3-6-16-12/h3,5-8H,2,4H2,1H3,(H3,13,14). The van der Waals surface area contributed by atoms with E-state index < -0.39 is 0 Å². The summed E-state index contributed by atoms with van der Waals surface area (Å²) in [6, 6.07) is 3.57. The largest absolute Gasteiger partial charge is 0.384 e. The Bertz CT molecular complexity index is 529. The van der Waals surface area contributed by atoms with Gasteiger partial charge in [0, 0.05) is 25.0 Å². The second kappa shape index (κ2) is 4.78. The van der Waals surface area contributed by atoms with E-state index in [0.717, 1.165) is 18.7 Å². The molecule has 2 heterocycles. The number of pyridine rings is 1. The van der Waals surface area contributed by atoms with Crippen molar-refractivity contribution >= 4 is 5.84 Å². The second-order valence-corrected chi connectivity index (χ2v) is 3.75. The van der Waals surface area contributed by atoms with E-state index in [1.54, 1.807) is 24.5 Å². The Kier molecular flexibility index (Phi) is 3.18. The summed E-state index contributed by atoms with van der Waals surface area (Å²) >= 11 is 0. The van der Waals surface area contributed by atoms with Crippen LogP contribution < -0.4 is 5.73 Å². The Labute approximate surface area is 99.8 Å². The van der Waals surface area contributed by atoms with Gasteiger partial charge in [0.05, 0.1) is 5.56 Å². The van der Waals surface area contributed by atoms with Gasteiger partial charge in [0.2, 0.25) is 0 Å². The molecule has 0 radical (unpaired) electrons. The van der Waals surface area contributed by atoms with E-state index in [1.165, 1.54) is 0 Å². The third-order valence-electron chi connectivity index (χ3n) is 2.50. The highest BCUT2D eigenvalue weighted by molar-refractivity contribution is 5.97. The minimum atomic E-state index is 0.0178.